The van der Waals surface area contributed by atoms with Gasteiger partial charge in [-0.05, 0) is 24.0 Å². The van der Waals surface area contributed by atoms with Crippen LogP contribution in [-0.4, -0.2) is 41.9 Å². The molecule has 3 amide bonds. The summed E-state index contributed by atoms with van der Waals surface area (Å²) < 4.78 is 0. The number of amides is 3. The highest BCUT2D eigenvalue weighted by atomic mass is 35.5. The highest BCUT2D eigenvalue weighted by Gasteiger charge is 2.43. The largest absolute Gasteiger partial charge is 0.333 e. The number of carbonyl (C=O) groups excluding carboxylic acids is 2. The molecular formula is C18H22ClN3O2. The normalized spacial score (nSPS) is 20.8. The number of carbonyl (C=O) groups is 2. The maximum atomic E-state index is 12.9. The molecule has 0 fully saturated rings. The summed E-state index contributed by atoms with van der Waals surface area (Å²) in [6.07, 6.45) is 0.939. The second kappa shape index (κ2) is 6.48. The van der Waals surface area contributed by atoms with Crippen molar-refractivity contribution in [2.24, 2.45) is 5.92 Å². The number of hydrogen-bond donors (Lipinski definition) is 1. The smallest absolute Gasteiger partial charge is 0.322 e. The van der Waals surface area contributed by atoms with Crippen LogP contribution in [0.15, 0.2) is 35.5 Å². The van der Waals surface area contributed by atoms with E-state index in [9.17, 15) is 9.59 Å². The van der Waals surface area contributed by atoms with Crippen molar-refractivity contribution in [3.8, 4) is 0 Å². The van der Waals surface area contributed by atoms with E-state index >= 15 is 0 Å². The van der Waals surface area contributed by atoms with E-state index in [1.165, 1.54) is 4.90 Å². The average Bonchev–Trinajstić information content (AvgIpc) is 2.87. The Morgan fingerprint density at radius 2 is 2.00 bits per heavy atom. The molecule has 0 radical (unpaired) electrons. The molecule has 3 rings (SSSR count). The highest BCUT2D eigenvalue weighted by molar-refractivity contribution is 6.31. The van der Waals surface area contributed by atoms with Crippen LogP contribution in [0.3, 0.4) is 0 Å². The molecule has 6 heteroatoms. The maximum Gasteiger partial charge on any atom is 0.322 e. The van der Waals surface area contributed by atoms with Crippen molar-refractivity contribution >= 4 is 23.5 Å². The Morgan fingerprint density at radius 3 is 2.67 bits per heavy atom. The van der Waals surface area contributed by atoms with Gasteiger partial charge in [-0.25, -0.2) is 4.79 Å². The van der Waals surface area contributed by atoms with Crippen molar-refractivity contribution in [1.82, 2.24) is 15.1 Å². The van der Waals surface area contributed by atoms with Crippen LogP contribution in [0, 0.1) is 5.92 Å². The quantitative estimate of drug-likeness (QED) is 0.909. The summed E-state index contributed by atoms with van der Waals surface area (Å²) in [7, 11) is 1.70. The standard InChI is InChI=1S/C18H22ClN3O2/c1-11(2)8-9-22-10-14-15(17(22)23)16(20-18(24)21(14)3)12-6-4-5-7-13(12)19/h4-7,11,16H,8-10H2,1-3H3,(H,20,24)/t16-/m1/s1. The molecule has 2 heterocycles. The van der Waals surface area contributed by atoms with Crippen molar-refractivity contribution in [2.45, 2.75) is 26.3 Å². The molecule has 1 N–H and O–H groups in total. The lowest BCUT2D eigenvalue weighted by Gasteiger charge is -2.31. The predicted molar refractivity (Wildman–Crippen MR) is 93.5 cm³/mol. The van der Waals surface area contributed by atoms with Crippen LogP contribution in [0.25, 0.3) is 0 Å². The number of nitrogens with zero attached hydrogens (tertiary/aromatic N) is 2. The van der Waals surface area contributed by atoms with Gasteiger partial charge in [0.1, 0.15) is 0 Å². The van der Waals surface area contributed by atoms with E-state index in [-0.39, 0.29) is 11.9 Å². The highest BCUT2D eigenvalue weighted by Crippen LogP contribution is 2.37. The molecule has 0 aromatic heterocycles. The van der Waals surface area contributed by atoms with E-state index < -0.39 is 6.04 Å². The van der Waals surface area contributed by atoms with Gasteiger partial charge >= 0.3 is 6.03 Å². The second-order valence-corrected chi connectivity index (χ2v) is 7.14. The first-order valence-corrected chi connectivity index (χ1v) is 8.59. The predicted octanol–water partition coefficient (Wildman–Crippen LogP) is 3.18. The molecule has 0 saturated heterocycles. The van der Waals surface area contributed by atoms with Crippen LogP contribution in [0.2, 0.25) is 5.02 Å². The number of halogens is 1. The van der Waals surface area contributed by atoms with Gasteiger partial charge in [-0.2, -0.15) is 0 Å². The van der Waals surface area contributed by atoms with Crippen LogP contribution in [0.5, 0.6) is 0 Å². The minimum atomic E-state index is -0.492. The number of urea groups is 1. The lowest BCUT2D eigenvalue weighted by atomic mass is 9.95. The summed E-state index contributed by atoms with van der Waals surface area (Å²) in [5.74, 6) is 0.509. The van der Waals surface area contributed by atoms with Gasteiger partial charge in [0.25, 0.3) is 5.91 Å². The topological polar surface area (TPSA) is 52.7 Å². The van der Waals surface area contributed by atoms with E-state index in [0.717, 1.165) is 17.7 Å². The Balaban J connectivity index is 1.96. The van der Waals surface area contributed by atoms with Crippen molar-refractivity contribution < 1.29 is 9.59 Å². The molecule has 2 aliphatic heterocycles. The van der Waals surface area contributed by atoms with Crippen LogP contribution in [-0.2, 0) is 4.79 Å². The molecule has 1 aromatic rings. The van der Waals surface area contributed by atoms with Gasteiger partial charge < -0.3 is 10.2 Å². The van der Waals surface area contributed by atoms with Crippen molar-refractivity contribution in [1.29, 1.82) is 0 Å². The van der Waals surface area contributed by atoms with Gasteiger partial charge in [-0.1, -0.05) is 43.6 Å². The Morgan fingerprint density at radius 1 is 1.29 bits per heavy atom. The van der Waals surface area contributed by atoms with E-state index in [2.05, 4.69) is 19.2 Å². The third-order valence-electron chi connectivity index (χ3n) is 4.63. The van der Waals surface area contributed by atoms with E-state index in [4.69, 9.17) is 11.6 Å². The van der Waals surface area contributed by atoms with Crippen LogP contribution in [0.1, 0.15) is 31.9 Å². The van der Waals surface area contributed by atoms with Gasteiger partial charge in [0.2, 0.25) is 0 Å². The Hall–Kier alpha value is -2.01. The molecule has 0 spiro atoms. The van der Waals surface area contributed by atoms with Crippen LogP contribution in [0.4, 0.5) is 4.79 Å². The molecule has 1 atom stereocenters. The second-order valence-electron chi connectivity index (χ2n) is 6.73. The molecule has 0 saturated carbocycles. The molecule has 0 unspecified atom stereocenters. The molecule has 2 aliphatic rings. The molecule has 0 aliphatic carbocycles. The first-order valence-electron chi connectivity index (χ1n) is 8.21. The van der Waals surface area contributed by atoms with E-state index in [1.807, 2.05) is 23.1 Å². The number of hydrogen-bond acceptors (Lipinski definition) is 2. The first kappa shape index (κ1) is 16.8. The molecule has 128 valence electrons. The third-order valence-corrected chi connectivity index (χ3v) is 4.97. The zero-order valence-electron chi connectivity index (χ0n) is 14.2. The molecular weight excluding hydrogens is 326 g/mol. The number of likely N-dealkylation sites (N-methyl/N-ethyl adjacent to an activating group) is 1. The van der Waals surface area contributed by atoms with Gasteiger partial charge in [0.05, 0.1) is 23.9 Å². The molecule has 5 nitrogen and oxygen atoms in total. The fourth-order valence-corrected chi connectivity index (χ4v) is 3.41. The van der Waals surface area contributed by atoms with Crippen molar-refractivity contribution in [2.75, 3.05) is 20.1 Å². The number of nitrogens with one attached hydrogen (secondary N) is 1. The SMILES string of the molecule is CC(C)CCN1CC2=C(C1=O)[C@@H](c1ccccc1Cl)NC(=O)N2C. The number of rotatable bonds is 4. The van der Waals surface area contributed by atoms with E-state index in [0.29, 0.717) is 29.6 Å². The van der Waals surface area contributed by atoms with Crippen LogP contribution < -0.4 is 5.32 Å². The maximum absolute atomic E-state index is 12.9. The lowest BCUT2D eigenvalue weighted by molar-refractivity contribution is -0.125. The Kier molecular flexibility index (Phi) is 4.54. The Labute approximate surface area is 147 Å². The van der Waals surface area contributed by atoms with Crippen LogP contribution >= 0.6 is 11.6 Å². The summed E-state index contributed by atoms with van der Waals surface area (Å²) in [4.78, 5) is 28.6. The summed E-state index contributed by atoms with van der Waals surface area (Å²) in [5.41, 5.74) is 2.17. The molecule has 24 heavy (non-hydrogen) atoms. The first-order chi connectivity index (χ1) is 11.4. The van der Waals surface area contributed by atoms with Gasteiger partial charge in [0.15, 0.2) is 0 Å². The van der Waals surface area contributed by atoms with Gasteiger partial charge in [-0.15, -0.1) is 0 Å². The molecule has 0 bridgehead atoms. The monoisotopic (exact) mass is 347 g/mol. The third kappa shape index (κ3) is 2.88. The minimum Gasteiger partial charge on any atom is -0.333 e. The zero-order valence-corrected chi connectivity index (χ0v) is 14.9. The average molecular weight is 348 g/mol. The lowest BCUT2D eigenvalue weighted by Crippen LogP contribution is -2.45. The fourth-order valence-electron chi connectivity index (χ4n) is 3.16. The van der Waals surface area contributed by atoms with E-state index in [1.54, 1.807) is 13.1 Å². The fraction of sp³-hybridized carbons (Fsp3) is 0.444. The summed E-state index contributed by atoms with van der Waals surface area (Å²) in [6, 6.07) is 6.63. The Bertz CT molecular complexity index is 714. The minimum absolute atomic E-state index is 0.0116. The zero-order chi connectivity index (χ0) is 17.4. The summed E-state index contributed by atoms with van der Waals surface area (Å²) in [6.45, 7) is 5.45. The molecule has 1 aromatic carbocycles. The van der Waals surface area contributed by atoms with Crippen molar-refractivity contribution in [3.63, 3.8) is 0 Å². The number of benzene rings is 1. The van der Waals surface area contributed by atoms with Gasteiger partial charge in [0, 0.05) is 18.6 Å². The summed E-state index contributed by atoms with van der Waals surface area (Å²) in [5, 5.41) is 3.46. The van der Waals surface area contributed by atoms with Gasteiger partial charge in [-0.3, -0.25) is 9.69 Å². The summed E-state index contributed by atoms with van der Waals surface area (Å²) >= 11 is 6.31. The van der Waals surface area contributed by atoms with Crippen molar-refractivity contribution in [3.05, 3.63) is 46.1 Å².